The van der Waals surface area contributed by atoms with Crippen LogP contribution in [0.2, 0.25) is 0 Å². The van der Waals surface area contributed by atoms with Gasteiger partial charge in [0.1, 0.15) is 0 Å². The molecule has 2 rings (SSSR count). The van der Waals surface area contributed by atoms with E-state index in [9.17, 15) is 8.42 Å². The van der Waals surface area contributed by atoms with Crippen LogP contribution in [-0.2, 0) is 16.6 Å². The van der Waals surface area contributed by atoms with Gasteiger partial charge in [0.05, 0.1) is 4.90 Å². The van der Waals surface area contributed by atoms with Gasteiger partial charge in [-0.3, -0.25) is 0 Å². The second-order valence-electron chi connectivity index (χ2n) is 5.32. The molecule has 0 spiro atoms. The smallest absolute Gasteiger partial charge is 0.243 e. The summed E-state index contributed by atoms with van der Waals surface area (Å²) < 4.78 is 27.1. The quantitative estimate of drug-likeness (QED) is 0.876. The minimum atomic E-state index is -3.35. The van der Waals surface area contributed by atoms with Gasteiger partial charge in [0, 0.05) is 19.1 Å². The molecule has 0 radical (unpaired) electrons. The topological polar surface area (TPSA) is 49.4 Å². The molecule has 1 aliphatic carbocycles. The second kappa shape index (κ2) is 6.70. The van der Waals surface area contributed by atoms with Crippen LogP contribution in [-0.4, -0.2) is 32.4 Å². The summed E-state index contributed by atoms with van der Waals surface area (Å²) in [6.07, 6.45) is 4.26. The van der Waals surface area contributed by atoms with Crippen LogP contribution in [0.4, 0.5) is 0 Å². The van der Waals surface area contributed by atoms with Gasteiger partial charge in [-0.25, -0.2) is 8.42 Å². The Hall–Kier alpha value is -0.910. The molecule has 20 heavy (non-hydrogen) atoms. The second-order valence-corrected chi connectivity index (χ2v) is 7.21. The summed E-state index contributed by atoms with van der Waals surface area (Å²) in [6, 6.07) is 7.39. The van der Waals surface area contributed by atoms with Crippen LogP contribution < -0.4 is 5.32 Å². The first kappa shape index (κ1) is 15.5. The van der Waals surface area contributed by atoms with Crippen molar-refractivity contribution in [3.8, 4) is 0 Å². The molecule has 0 atom stereocenters. The van der Waals surface area contributed by atoms with Crippen LogP contribution in [0.3, 0.4) is 0 Å². The fourth-order valence-electron chi connectivity index (χ4n) is 2.94. The maximum absolute atomic E-state index is 12.7. The van der Waals surface area contributed by atoms with Gasteiger partial charge in [-0.1, -0.05) is 31.9 Å². The van der Waals surface area contributed by atoms with Crippen molar-refractivity contribution >= 4 is 10.0 Å². The van der Waals surface area contributed by atoms with Gasteiger partial charge >= 0.3 is 0 Å². The molecule has 5 heteroatoms. The largest absolute Gasteiger partial charge is 0.316 e. The van der Waals surface area contributed by atoms with E-state index in [0.29, 0.717) is 11.4 Å². The van der Waals surface area contributed by atoms with E-state index in [1.165, 1.54) is 0 Å². The number of rotatable bonds is 6. The number of hydrogen-bond donors (Lipinski definition) is 1. The first-order valence-electron chi connectivity index (χ1n) is 7.35. The predicted octanol–water partition coefficient (Wildman–Crippen LogP) is 2.36. The molecular formula is C15H24N2O2S. The Morgan fingerprint density at radius 2 is 1.80 bits per heavy atom. The van der Waals surface area contributed by atoms with Crippen molar-refractivity contribution in [2.45, 2.75) is 50.1 Å². The van der Waals surface area contributed by atoms with Crippen molar-refractivity contribution in [3.63, 3.8) is 0 Å². The molecule has 0 aliphatic heterocycles. The van der Waals surface area contributed by atoms with E-state index in [2.05, 4.69) is 5.32 Å². The Morgan fingerprint density at radius 1 is 1.20 bits per heavy atom. The molecule has 1 aromatic carbocycles. The molecule has 0 heterocycles. The van der Waals surface area contributed by atoms with E-state index in [0.717, 1.165) is 37.8 Å². The van der Waals surface area contributed by atoms with Crippen LogP contribution in [0.25, 0.3) is 0 Å². The van der Waals surface area contributed by atoms with Crippen LogP contribution in [0, 0.1) is 0 Å². The standard InChI is InChI=1S/C15H24N2O2S/c1-3-17(14-6-4-5-7-14)20(18,19)15-10-8-13(9-11-15)12-16-2/h8-11,14,16H,3-7,12H2,1-2H3. The molecule has 1 fully saturated rings. The van der Waals surface area contributed by atoms with Gasteiger partial charge in [0.15, 0.2) is 0 Å². The Bertz CT molecular complexity index is 519. The van der Waals surface area contributed by atoms with Gasteiger partial charge in [-0.05, 0) is 37.6 Å². The van der Waals surface area contributed by atoms with Crippen LogP contribution in [0.1, 0.15) is 38.2 Å². The molecule has 0 amide bonds. The Balaban J connectivity index is 2.23. The average Bonchev–Trinajstić information content (AvgIpc) is 2.94. The minimum absolute atomic E-state index is 0.182. The number of hydrogen-bond acceptors (Lipinski definition) is 3. The highest BCUT2D eigenvalue weighted by molar-refractivity contribution is 7.89. The summed E-state index contributed by atoms with van der Waals surface area (Å²) in [6.45, 7) is 3.22. The first-order valence-corrected chi connectivity index (χ1v) is 8.79. The molecular weight excluding hydrogens is 272 g/mol. The lowest BCUT2D eigenvalue weighted by molar-refractivity contribution is 0.335. The lowest BCUT2D eigenvalue weighted by Gasteiger charge is -2.26. The fraction of sp³-hybridized carbons (Fsp3) is 0.600. The monoisotopic (exact) mass is 296 g/mol. The van der Waals surface area contributed by atoms with Crippen molar-refractivity contribution in [1.29, 1.82) is 0 Å². The zero-order valence-electron chi connectivity index (χ0n) is 12.3. The van der Waals surface area contributed by atoms with Crippen LogP contribution in [0.5, 0.6) is 0 Å². The van der Waals surface area contributed by atoms with Crippen molar-refractivity contribution < 1.29 is 8.42 Å². The van der Waals surface area contributed by atoms with Crippen molar-refractivity contribution in [3.05, 3.63) is 29.8 Å². The number of benzene rings is 1. The zero-order valence-corrected chi connectivity index (χ0v) is 13.1. The van der Waals surface area contributed by atoms with E-state index in [-0.39, 0.29) is 6.04 Å². The molecule has 1 aromatic rings. The van der Waals surface area contributed by atoms with Gasteiger partial charge in [0.2, 0.25) is 10.0 Å². The van der Waals surface area contributed by atoms with Crippen molar-refractivity contribution in [2.75, 3.05) is 13.6 Å². The molecule has 112 valence electrons. The summed E-state index contributed by atoms with van der Waals surface area (Å²) >= 11 is 0. The maximum atomic E-state index is 12.7. The minimum Gasteiger partial charge on any atom is -0.316 e. The summed E-state index contributed by atoms with van der Waals surface area (Å²) in [5.74, 6) is 0. The maximum Gasteiger partial charge on any atom is 0.243 e. The van der Waals surface area contributed by atoms with Crippen molar-refractivity contribution in [2.24, 2.45) is 0 Å². The van der Waals surface area contributed by atoms with E-state index >= 15 is 0 Å². The number of nitrogens with one attached hydrogen (secondary N) is 1. The molecule has 1 N–H and O–H groups in total. The molecule has 1 saturated carbocycles. The summed E-state index contributed by atoms with van der Waals surface area (Å²) in [4.78, 5) is 0.408. The molecule has 0 saturated heterocycles. The Kier molecular flexibility index (Phi) is 5.18. The van der Waals surface area contributed by atoms with Gasteiger partial charge < -0.3 is 5.32 Å². The normalized spacial score (nSPS) is 16.9. The van der Waals surface area contributed by atoms with Gasteiger partial charge in [-0.2, -0.15) is 4.31 Å². The average molecular weight is 296 g/mol. The molecule has 1 aliphatic rings. The predicted molar refractivity (Wildman–Crippen MR) is 81.0 cm³/mol. The third kappa shape index (κ3) is 3.22. The Labute approximate surface area is 122 Å². The van der Waals surface area contributed by atoms with E-state index in [4.69, 9.17) is 0 Å². The highest BCUT2D eigenvalue weighted by Crippen LogP contribution is 2.28. The van der Waals surface area contributed by atoms with E-state index < -0.39 is 10.0 Å². The van der Waals surface area contributed by atoms with Crippen LogP contribution in [0.15, 0.2) is 29.2 Å². The lowest BCUT2D eigenvalue weighted by Crippen LogP contribution is -2.38. The molecule has 4 nitrogen and oxygen atoms in total. The first-order chi connectivity index (χ1) is 9.59. The summed E-state index contributed by atoms with van der Waals surface area (Å²) in [7, 11) is -1.47. The fourth-order valence-corrected chi connectivity index (χ4v) is 4.63. The summed E-state index contributed by atoms with van der Waals surface area (Å²) in [5, 5.41) is 3.06. The highest BCUT2D eigenvalue weighted by Gasteiger charge is 2.31. The molecule has 0 aromatic heterocycles. The summed E-state index contributed by atoms with van der Waals surface area (Å²) in [5.41, 5.74) is 1.09. The van der Waals surface area contributed by atoms with Gasteiger partial charge in [-0.15, -0.1) is 0 Å². The van der Waals surface area contributed by atoms with Crippen LogP contribution >= 0.6 is 0 Å². The molecule has 0 unspecified atom stereocenters. The van der Waals surface area contributed by atoms with E-state index in [1.807, 2.05) is 26.1 Å². The highest BCUT2D eigenvalue weighted by atomic mass is 32.2. The molecule has 0 bridgehead atoms. The van der Waals surface area contributed by atoms with Crippen molar-refractivity contribution in [1.82, 2.24) is 9.62 Å². The number of sulfonamides is 1. The Morgan fingerprint density at radius 3 is 2.30 bits per heavy atom. The lowest BCUT2D eigenvalue weighted by atomic mass is 10.2. The van der Waals surface area contributed by atoms with E-state index in [1.54, 1.807) is 16.4 Å². The SMILES string of the molecule is CCN(C1CCCC1)S(=O)(=O)c1ccc(CNC)cc1. The third-order valence-electron chi connectivity index (χ3n) is 3.95. The zero-order chi connectivity index (χ0) is 14.6. The third-order valence-corrected chi connectivity index (χ3v) is 6.00. The van der Waals surface area contributed by atoms with Gasteiger partial charge in [0.25, 0.3) is 0 Å². The number of nitrogens with zero attached hydrogens (tertiary/aromatic N) is 1.